The van der Waals surface area contributed by atoms with Crippen LogP contribution in [0.25, 0.3) is 0 Å². The maximum Gasteiger partial charge on any atom is 0.137 e. The molecule has 1 heterocycles. The van der Waals surface area contributed by atoms with Crippen molar-refractivity contribution >= 4 is 5.71 Å². The lowest BCUT2D eigenvalue weighted by Crippen LogP contribution is -2.32. The molecule has 1 aromatic heterocycles. The smallest absolute Gasteiger partial charge is 0.137 e. The van der Waals surface area contributed by atoms with E-state index in [9.17, 15) is 5.11 Å². The quantitative estimate of drug-likeness (QED) is 0.430. The van der Waals surface area contributed by atoms with Crippen LogP contribution in [0, 0.1) is 6.92 Å². The predicted octanol–water partition coefficient (Wildman–Crippen LogP) is 3.69. The van der Waals surface area contributed by atoms with Gasteiger partial charge in [0.15, 0.2) is 0 Å². The molecule has 0 unspecified atom stereocenters. The number of aryl methyl sites for hydroxylation is 1. The zero-order chi connectivity index (χ0) is 16.4. The molecule has 0 saturated heterocycles. The molecule has 0 bridgehead atoms. The second-order valence-electron chi connectivity index (χ2n) is 5.29. The van der Waals surface area contributed by atoms with Gasteiger partial charge in [0.25, 0.3) is 0 Å². The van der Waals surface area contributed by atoms with Crippen molar-refractivity contribution in [3.05, 3.63) is 54.1 Å². The average Bonchev–Trinajstić information content (AvgIpc) is 2.52. The number of hydrogen-bond donors (Lipinski definition) is 1. The third kappa shape index (κ3) is 5.82. The third-order valence-corrected chi connectivity index (χ3v) is 3.53. The molecule has 0 amide bonds. The maximum atomic E-state index is 10.0. The first kappa shape index (κ1) is 18.1. The highest BCUT2D eigenvalue weighted by molar-refractivity contribution is 5.99. The Bertz CT molecular complexity index is 535. The Balaban J connectivity index is 2.86. The van der Waals surface area contributed by atoms with Gasteiger partial charge in [0.05, 0.1) is 11.4 Å². The molecule has 0 radical (unpaired) electrons. The van der Waals surface area contributed by atoms with Crippen molar-refractivity contribution in [3.63, 3.8) is 0 Å². The Labute approximate surface area is 133 Å². The first-order valence-corrected chi connectivity index (χ1v) is 7.72. The van der Waals surface area contributed by atoms with E-state index >= 15 is 0 Å². The summed E-state index contributed by atoms with van der Waals surface area (Å²) in [6, 6.07) is 4.02. The molecule has 0 saturated carbocycles. The minimum atomic E-state index is 0.178. The van der Waals surface area contributed by atoms with Crippen LogP contribution in [0.5, 0.6) is 0 Å². The van der Waals surface area contributed by atoms with Crippen molar-refractivity contribution in [2.45, 2.75) is 33.2 Å². The fourth-order valence-electron chi connectivity index (χ4n) is 2.18. The average molecular weight is 301 g/mol. The lowest BCUT2D eigenvalue weighted by molar-refractivity contribution is 0.290. The van der Waals surface area contributed by atoms with Gasteiger partial charge in [-0.05, 0) is 37.6 Å². The zero-order valence-corrected chi connectivity index (χ0v) is 13.9. The first-order chi connectivity index (χ1) is 10.6. The first-order valence-electron chi connectivity index (χ1n) is 7.72. The number of aliphatic hydroxyl groups excluding tert-OH is 1. The van der Waals surface area contributed by atoms with Crippen molar-refractivity contribution in [3.8, 4) is 0 Å². The molecular formula is C18H27N3O. The number of nitrogens with zero attached hydrogens (tertiary/aromatic N) is 3. The number of pyridine rings is 1. The van der Waals surface area contributed by atoms with E-state index < -0.39 is 0 Å². The highest BCUT2D eigenvalue weighted by Crippen LogP contribution is 2.10. The van der Waals surface area contributed by atoms with Crippen molar-refractivity contribution in [1.82, 2.24) is 9.88 Å². The van der Waals surface area contributed by atoms with Crippen LogP contribution in [0.2, 0.25) is 0 Å². The summed E-state index contributed by atoms with van der Waals surface area (Å²) in [5, 5.41) is 10.0. The van der Waals surface area contributed by atoms with Crippen molar-refractivity contribution in [2.24, 2.45) is 4.99 Å². The number of aliphatic hydroxyl groups is 1. The summed E-state index contributed by atoms with van der Waals surface area (Å²) in [4.78, 5) is 10.9. The van der Waals surface area contributed by atoms with Crippen LogP contribution in [-0.4, -0.2) is 40.8 Å². The van der Waals surface area contributed by atoms with E-state index in [4.69, 9.17) is 0 Å². The fraction of sp³-hybridized carbons (Fsp3) is 0.444. The van der Waals surface area contributed by atoms with Gasteiger partial charge >= 0.3 is 0 Å². The molecular weight excluding hydrogens is 274 g/mol. The minimum absolute atomic E-state index is 0.178. The van der Waals surface area contributed by atoms with Gasteiger partial charge in [-0.15, -0.1) is 0 Å². The molecule has 1 rings (SSSR count). The van der Waals surface area contributed by atoms with E-state index in [1.165, 1.54) is 5.56 Å². The summed E-state index contributed by atoms with van der Waals surface area (Å²) in [6.45, 7) is 10.2. The highest BCUT2D eigenvalue weighted by atomic mass is 16.3. The number of aromatic nitrogens is 1. The zero-order valence-electron chi connectivity index (χ0n) is 13.9. The van der Waals surface area contributed by atoms with E-state index in [1.54, 1.807) is 19.2 Å². The molecule has 0 spiro atoms. The van der Waals surface area contributed by atoms with Crippen molar-refractivity contribution < 1.29 is 5.11 Å². The van der Waals surface area contributed by atoms with Gasteiger partial charge in [-0.2, -0.15) is 0 Å². The summed E-state index contributed by atoms with van der Waals surface area (Å²) in [5.41, 5.74) is 2.93. The summed E-state index contributed by atoms with van der Waals surface area (Å²) >= 11 is 0. The van der Waals surface area contributed by atoms with E-state index in [0.29, 0.717) is 12.3 Å². The predicted molar refractivity (Wildman–Crippen MR) is 93.4 cm³/mol. The van der Waals surface area contributed by atoms with Gasteiger partial charge < -0.3 is 5.11 Å². The molecule has 0 aliphatic carbocycles. The molecule has 0 aromatic carbocycles. The van der Waals surface area contributed by atoms with Crippen molar-refractivity contribution in [2.75, 3.05) is 20.1 Å². The standard InChI is InChI=1S/C18H27N3O/c1-5-7-12-21(13-16-15(3)10-8-11-20-16)14-17(19-4)18(22)9-6-2/h6,8-11,22H,2,5,7,12-14H2,1,3-4H3/b18-9+,19-17-. The molecule has 22 heavy (non-hydrogen) atoms. The lowest BCUT2D eigenvalue weighted by Gasteiger charge is -2.23. The Morgan fingerprint density at radius 3 is 2.86 bits per heavy atom. The van der Waals surface area contributed by atoms with Crippen LogP contribution in [0.15, 0.2) is 47.8 Å². The summed E-state index contributed by atoms with van der Waals surface area (Å²) < 4.78 is 0. The molecule has 0 fully saturated rings. The van der Waals surface area contributed by atoms with Crippen LogP contribution >= 0.6 is 0 Å². The highest BCUT2D eigenvalue weighted by Gasteiger charge is 2.13. The summed E-state index contributed by atoms with van der Waals surface area (Å²) in [6.07, 6.45) is 7.20. The molecule has 0 atom stereocenters. The minimum Gasteiger partial charge on any atom is -0.506 e. The normalized spacial score (nSPS) is 12.7. The van der Waals surface area contributed by atoms with Crippen LogP contribution in [0.4, 0.5) is 0 Å². The van der Waals surface area contributed by atoms with Crippen molar-refractivity contribution in [1.29, 1.82) is 0 Å². The Morgan fingerprint density at radius 1 is 1.50 bits per heavy atom. The van der Waals surface area contributed by atoms with Crippen LogP contribution in [0.3, 0.4) is 0 Å². The SMILES string of the molecule is C=C/C=C(O)\C(CN(CCCC)Cc1ncccc1C)=N/C. The number of rotatable bonds is 9. The molecule has 0 aliphatic rings. The summed E-state index contributed by atoms with van der Waals surface area (Å²) in [5.74, 6) is 0.178. The van der Waals surface area contributed by atoms with E-state index in [-0.39, 0.29) is 5.76 Å². The lowest BCUT2D eigenvalue weighted by atomic mass is 10.2. The van der Waals surface area contributed by atoms with Gasteiger partial charge in [0, 0.05) is 26.3 Å². The number of aliphatic imine (C=N–C) groups is 1. The van der Waals surface area contributed by atoms with Gasteiger partial charge in [0.1, 0.15) is 5.76 Å². The second kappa shape index (κ2) is 9.90. The van der Waals surface area contributed by atoms with Gasteiger partial charge in [-0.1, -0.05) is 32.1 Å². The number of allylic oxidation sites excluding steroid dienone is 2. The van der Waals surface area contributed by atoms with Gasteiger partial charge in [-0.3, -0.25) is 14.9 Å². The van der Waals surface area contributed by atoms with E-state index in [2.05, 4.69) is 41.4 Å². The molecule has 0 aliphatic heterocycles. The van der Waals surface area contributed by atoms with Crippen LogP contribution in [-0.2, 0) is 6.54 Å². The molecule has 1 N–H and O–H groups in total. The van der Waals surface area contributed by atoms with E-state index in [1.807, 2.05) is 12.3 Å². The molecule has 120 valence electrons. The topological polar surface area (TPSA) is 48.7 Å². The van der Waals surface area contributed by atoms with E-state index in [0.717, 1.165) is 31.6 Å². The Kier molecular flexibility index (Phi) is 8.15. The monoisotopic (exact) mass is 301 g/mol. The van der Waals surface area contributed by atoms with Crippen LogP contribution in [0.1, 0.15) is 31.0 Å². The second-order valence-corrected chi connectivity index (χ2v) is 5.29. The molecule has 1 aromatic rings. The molecule has 4 heteroatoms. The third-order valence-electron chi connectivity index (χ3n) is 3.53. The van der Waals surface area contributed by atoms with Gasteiger partial charge in [0.2, 0.25) is 0 Å². The Morgan fingerprint density at radius 2 is 2.27 bits per heavy atom. The molecule has 4 nitrogen and oxygen atoms in total. The van der Waals surface area contributed by atoms with Crippen LogP contribution < -0.4 is 0 Å². The fourth-order valence-corrected chi connectivity index (χ4v) is 2.18. The number of unbranched alkanes of at least 4 members (excludes halogenated alkanes) is 1. The maximum absolute atomic E-state index is 10.0. The number of hydrogen-bond acceptors (Lipinski definition) is 4. The Hall–Kier alpha value is -1.94. The summed E-state index contributed by atoms with van der Waals surface area (Å²) in [7, 11) is 1.70. The van der Waals surface area contributed by atoms with Gasteiger partial charge in [-0.25, -0.2) is 0 Å². The largest absolute Gasteiger partial charge is 0.506 e.